The van der Waals surface area contributed by atoms with E-state index in [1.165, 1.54) is 18.7 Å². The topological polar surface area (TPSA) is 115 Å². The van der Waals surface area contributed by atoms with Gasteiger partial charge in [0, 0.05) is 18.0 Å². The van der Waals surface area contributed by atoms with E-state index in [2.05, 4.69) is 9.98 Å². The summed E-state index contributed by atoms with van der Waals surface area (Å²) in [6.45, 7) is 0. The molecule has 114 valence electrons. The van der Waals surface area contributed by atoms with Crippen molar-refractivity contribution >= 4 is 29.2 Å². The van der Waals surface area contributed by atoms with Gasteiger partial charge in [-0.25, -0.2) is 4.79 Å². The lowest BCUT2D eigenvalue weighted by Gasteiger charge is -2.28. The number of dihydropyridines is 1. The van der Waals surface area contributed by atoms with Crippen molar-refractivity contribution in [1.82, 2.24) is 9.88 Å². The molecule has 23 heavy (non-hydrogen) atoms. The van der Waals surface area contributed by atoms with E-state index in [9.17, 15) is 14.9 Å². The first-order chi connectivity index (χ1) is 11.0. The molecule has 0 radical (unpaired) electrons. The summed E-state index contributed by atoms with van der Waals surface area (Å²) in [5.74, 6) is -1.12. The summed E-state index contributed by atoms with van der Waals surface area (Å²) in [7, 11) is 2.91. The van der Waals surface area contributed by atoms with Crippen LogP contribution in [0.25, 0.3) is 5.57 Å². The zero-order chi connectivity index (χ0) is 16.7. The Morgan fingerprint density at radius 1 is 1.43 bits per heavy atom. The van der Waals surface area contributed by atoms with Crippen molar-refractivity contribution in [2.75, 3.05) is 14.1 Å². The number of nitrogens with zero attached hydrogens (tertiary/aromatic N) is 5. The molecule has 8 nitrogen and oxygen atoms in total. The Balaban J connectivity index is 2.34. The number of imide groups is 1. The maximum Gasteiger partial charge on any atom is 0.445 e. The van der Waals surface area contributed by atoms with Crippen LogP contribution in [0.3, 0.4) is 0 Å². The summed E-state index contributed by atoms with van der Waals surface area (Å²) in [5, 5.41) is 9.45. The number of carbonyl (C=O) groups is 2. The fraction of sp³-hybridized carbons (Fsp3) is 0.200. The van der Waals surface area contributed by atoms with E-state index < -0.39 is 17.9 Å². The van der Waals surface area contributed by atoms with Gasteiger partial charge in [-0.1, -0.05) is 11.1 Å². The number of aliphatic imine (C=N–C) groups is 1. The van der Waals surface area contributed by atoms with Gasteiger partial charge >= 0.3 is 11.9 Å². The number of hydrogen-bond acceptors (Lipinski definition) is 6. The van der Waals surface area contributed by atoms with E-state index in [1.54, 1.807) is 24.5 Å². The predicted molar refractivity (Wildman–Crippen MR) is 81.2 cm³/mol. The Labute approximate surface area is 131 Å². The van der Waals surface area contributed by atoms with Crippen LogP contribution in [0.4, 0.5) is 4.79 Å². The number of pyridine rings is 1. The van der Waals surface area contributed by atoms with E-state index in [-0.39, 0.29) is 17.2 Å². The number of fused-ring (bicyclic) bond motifs is 1. The molecule has 1 aromatic heterocycles. The van der Waals surface area contributed by atoms with E-state index in [4.69, 9.17) is 5.73 Å². The molecule has 2 aliphatic heterocycles. The Bertz CT molecular complexity index is 860. The van der Waals surface area contributed by atoms with Crippen LogP contribution in [0.2, 0.25) is 0 Å². The summed E-state index contributed by atoms with van der Waals surface area (Å²) in [6, 6.07) is 4.94. The first-order valence-corrected chi connectivity index (χ1v) is 6.78. The van der Waals surface area contributed by atoms with Crippen molar-refractivity contribution < 1.29 is 14.2 Å². The highest BCUT2D eigenvalue weighted by Gasteiger charge is 2.49. The van der Waals surface area contributed by atoms with Crippen molar-refractivity contribution in [1.29, 1.82) is 5.26 Å². The molecular formula is C15H13N6O2+. The molecule has 8 heteroatoms. The summed E-state index contributed by atoms with van der Waals surface area (Å²) < 4.78 is 1.27. The zero-order valence-electron chi connectivity index (χ0n) is 12.5. The maximum atomic E-state index is 12.7. The van der Waals surface area contributed by atoms with E-state index in [0.29, 0.717) is 11.1 Å². The van der Waals surface area contributed by atoms with Crippen LogP contribution in [-0.2, 0) is 4.79 Å². The van der Waals surface area contributed by atoms with Gasteiger partial charge in [0.2, 0.25) is 5.84 Å². The molecule has 1 atom stereocenters. The highest BCUT2D eigenvalue weighted by atomic mass is 16.2. The molecule has 3 amide bonds. The van der Waals surface area contributed by atoms with Crippen molar-refractivity contribution in [2.24, 2.45) is 16.6 Å². The standard InChI is InChI=1S/C15H12N6O2/c1-20-13-11(14(22)21(2)15(20)23)10(8-4-3-5-18-7-8)9(6-16)12(17)19-13/h3-5,7,11,17H,1-2H3/p+1. The number of aromatic nitrogens is 1. The largest absolute Gasteiger partial charge is 0.445 e. The number of nitriles is 1. The van der Waals surface area contributed by atoms with Gasteiger partial charge in [-0.2, -0.15) is 14.7 Å². The molecule has 0 spiro atoms. The minimum Gasteiger partial charge on any atom is -0.369 e. The second-order valence-electron chi connectivity index (χ2n) is 5.17. The second-order valence-corrected chi connectivity index (χ2v) is 5.17. The van der Waals surface area contributed by atoms with Gasteiger partial charge in [0.15, 0.2) is 5.92 Å². The fourth-order valence-corrected chi connectivity index (χ4v) is 2.72. The van der Waals surface area contributed by atoms with Crippen LogP contribution in [0.5, 0.6) is 0 Å². The monoisotopic (exact) mass is 309 g/mol. The smallest absolute Gasteiger partial charge is 0.369 e. The first kappa shape index (κ1) is 14.6. The fourth-order valence-electron chi connectivity index (χ4n) is 2.72. The van der Waals surface area contributed by atoms with Crippen LogP contribution in [-0.4, -0.2) is 52.2 Å². The third kappa shape index (κ3) is 2.02. The Morgan fingerprint density at radius 3 is 2.78 bits per heavy atom. The molecule has 3 rings (SSSR count). The Morgan fingerprint density at radius 2 is 2.17 bits per heavy atom. The lowest BCUT2D eigenvalue weighted by Crippen LogP contribution is -2.53. The van der Waals surface area contributed by atoms with Gasteiger partial charge in [0.05, 0.1) is 14.1 Å². The lowest BCUT2D eigenvalue weighted by atomic mass is 9.84. The average Bonchev–Trinajstić information content (AvgIpc) is 2.57. The molecule has 1 unspecified atom stereocenters. The molecule has 0 aliphatic carbocycles. The number of amidine groups is 2. The van der Waals surface area contributed by atoms with Crippen LogP contribution in [0, 0.1) is 17.2 Å². The van der Waals surface area contributed by atoms with Crippen molar-refractivity contribution in [2.45, 2.75) is 0 Å². The van der Waals surface area contributed by atoms with Gasteiger partial charge in [-0.05, 0) is 11.6 Å². The normalized spacial score (nSPS) is 21.2. The zero-order valence-corrected chi connectivity index (χ0v) is 12.5. The number of rotatable bonds is 1. The first-order valence-electron chi connectivity index (χ1n) is 6.78. The quantitative estimate of drug-likeness (QED) is 0.732. The molecule has 2 aliphatic rings. The molecule has 3 heterocycles. The maximum absolute atomic E-state index is 12.7. The van der Waals surface area contributed by atoms with Gasteiger partial charge in [-0.15, -0.1) is 0 Å². The molecule has 0 aromatic carbocycles. The van der Waals surface area contributed by atoms with Crippen LogP contribution < -0.4 is 5.73 Å². The molecule has 2 N–H and O–H groups in total. The summed E-state index contributed by atoms with van der Waals surface area (Å²) in [4.78, 5) is 33.9. The molecule has 0 bridgehead atoms. The average molecular weight is 309 g/mol. The Hall–Kier alpha value is -3.34. The van der Waals surface area contributed by atoms with Gasteiger partial charge in [0.1, 0.15) is 11.6 Å². The molecule has 0 fully saturated rings. The van der Waals surface area contributed by atoms with Gasteiger partial charge in [0.25, 0.3) is 5.84 Å². The molecule has 1 aromatic rings. The second kappa shape index (κ2) is 5.14. The van der Waals surface area contributed by atoms with E-state index >= 15 is 0 Å². The number of amides is 3. The third-order valence-corrected chi connectivity index (χ3v) is 3.89. The minimum atomic E-state index is -0.867. The van der Waals surface area contributed by atoms with Crippen molar-refractivity contribution in [3.05, 3.63) is 35.7 Å². The SMILES string of the molecule is CN1C(=O)C2C(c3cccnc3)=C(C#N)C(N)=NC2=[N+](C)C1=O. The number of nitrogens with two attached hydrogens (primary N) is 1. The van der Waals surface area contributed by atoms with E-state index in [1.807, 2.05) is 6.07 Å². The summed E-state index contributed by atoms with van der Waals surface area (Å²) in [5.41, 5.74) is 7.01. The highest BCUT2D eigenvalue weighted by molar-refractivity contribution is 6.27. The van der Waals surface area contributed by atoms with Crippen LogP contribution in [0.1, 0.15) is 5.56 Å². The minimum absolute atomic E-state index is 0.0189. The van der Waals surface area contributed by atoms with Crippen LogP contribution >= 0.6 is 0 Å². The third-order valence-electron chi connectivity index (χ3n) is 3.89. The van der Waals surface area contributed by atoms with E-state index in [0.717, 1.165) is 4.90 Å². The molecule has 0 saturated heterocycles. The predicted octanol–water partition coefficient (Wildman–Crippen LogP) is -0.0214. The molecular weight excluding hydrogens is 296 g/mol. The lowest BCUT2D eigenvalue weighted by molar-refractivity contribution is -0.407. The highest BCUT2D eigenvalue weighted by Crippen LogP contribution is 2.34. The van der Waals surface area contributed by atoms with Gasteiger partial charge in [-0.3, -0.25) is 9.78 Å². The number of carbonyl (C=O) groups excluding carboxylic acids is 2. The summed E-state index contributed by atoms with van der Waals surface area (Å²) in [6.07, 6.45) is 3.14. The van der Waals surface area contributed by atoms with Gasteiger partial charge < -0.3 is 5.73 Å². The van der Waals surface area contributed by atoms with Crippen LogP contribution in [0.15, 0.2) is 35.1 Å². The molecule has 0 saturated carbocycles. The number of urea groups is 1. The van der Waals surface area contributed by atoms with Crippen molar-refractivity contribution in [3.63, 3.8) is 0 Å². The summed E-state index contributed by atoms with van der Waals surface area (Å²) >= 11 is 0. The number of hydrogen-bond donors (Lipinski definition) is 1. The van der Waals surface area contributed by atoms with Crippen molar-refractivity contribution in [3.8, 4) is 6.07 Å². The Kier molecular flexibility index (Phi) is 3.26.